The zero-order valence-electron chi connectivity index (χ0n) is 7.77. The molecule has 0 heterocycles. The van der Waals surface area contributed by atoms with Crippen LogP contribution in [0.3, 0.4) is 0 Å². The first-order chi connectivity index (χ1) is 6.77. The van der Waals surface area contributed by atoms with Gasteiger partial charge in [-0.2, -0.15) is 10.5 Å². The molecule has 0 spiro atoms. The van der Waals surface area contributed by atoms with Crippen molar-refractivity contribution in [2.45, 2.75) is 18.9 Å². The van der Waals surface area contributed by atoms with Gasteiger partial charge in [0.15, 0.2) is 0 Å². The molecule has 0 aliphatic heterocycles. The van der Waals surface area contributed by atoms with Crippen molar-refractivity contribution in [3.63, 3.8) is 0 Å². The second-order valence-corrected chi connectivity index (χ2v) is 3.05. The van der Waals surface area contributed by atoms with E-state index in [1.54, 1.807) is 0 Å². The summed E-state index contributed by atoms with van der Waals surface area (Å²) in [5, 5.41) is 17.0. The van der Waals surface area contributed by atoms with Gasteiger partial charge >= 0.3 is 0 Å². The lowest BCUT2D eigenvalue weighted by Crippen LogP contribution is -2.09. The summed E-state index contributed by atoms with van der Waals surface area (Å²) < 4.78 is 0. The summed E-state index contributed by atoms with van der Waals surface area (Å²) in [6.45, 7) is 0. The van der Waals surface area contributed by atoms with Gasteiger partial charge < -0.3 is 5.73 Å². The number of hydrogen-bond acceptors (Lipinski definition) is 3. The van der Waals surface area contributed by atoms with E-state index in [4.69, 9.17) is 16.3 Å². The quantitative estimate of drug-likeness (QED) is 0.778. The smallest absolute Gasteiger partial charge is 0.0669 e. The SMILES string of the molecule is N#CCc1cccc([C@H](N)CC#N)c1. The van der Waals surface area contributed by atoms with Crippen LogP contribution in [0.2, 0.25) is 0 Å². The Kier molecular flexibility index (Phi) is 3.67. The number of nitriles is 2. The summed E-state index contributed by atoms with van der Waals surface area (Å²) in [7, 11) is 0. The summed E-state index contributed by atoms with van der Waals surface area (Å²) in [6, 6.07) is 11.4. The van der Waals surface area contributed by atoms with Gasteiger partial charge in [0.05, 0.1) is 25.0 Å². The molecule has 14 heavy (non-hydrogen) atoms. The lowest BCUT2D eigenvalue weighted by Gasteiger charge is -2.08. The Morgan fingerprint density at radius 3 is 2.71 bits per heavy atom. The molecule has 2 N–H and O–H groups in total. The van der Waals surface area contributed by atoms with Crippen molar-refractivity contribution in [3.8, 4) is 12.1 Å². The molecule has 1 aromatic rings. The van der Waals surface area contributed by atoms with Crippen LogP contribution in [0.1, 0.15) is 23.6 Å². The van der Waals surface area contributed by atoms with Crippen LogP contribution in [0.5, 0.6) is 0 Å². The number of nitrogens with two attached hydrogens (primary N) is 1. The molecule has 0 fully saturated rings. The van der Waals surface area contributed by atoms with E-state index in [0.717, 1.165) is 11.1 Å². The van der Waals surface area contributed by atoms with Crippen LogP contribution < -0.4 is 5.73 Å². The molecular weight excluding hydrogens is 174 g/mol. The Labute approximate surface area is 83.4 Å². The normalized spacial score (nSPS) is 11.4. The van der Waals surface area contributed by atoms with Gasteiger partial charge in [0.1, 0.15) is 0 Å². The van der Waals surface area contributed by atoms with Crippen LogP contribution in [0, 0.1) is 22.7 Å². The largest absolute Gasteiger partial charge is 0.323 e. The highest BCUT2D eigenvalue weighted by atomic mass is 14.6. The molecule has 70 valence electrons. The molecule has 1 atom stereocenters. The molecule has 3 heteroatoms. The van der Waals surface area contributed by atoms with E-state index in [1.807, 2.05) is 30.3 Å². The Hall–Kier alpha value is -1.84. The zero-order chi connectivity index (χ0) is 10.4. The number of benzene rings is 1. The molecule has 0 bridgehead atoms. The van der Waals surface area contributed by atoms with E-state index in [1.165, 1.54) is 0 Å². The maximum Gasteiger partial charge on any atom is 0.0669 e. The van der Waals surface area contributed by atoms with E-state index in [2.05, 4.69) is 6.07 Å². The molecule has 0 aliphatic rings. The molecule has 0 amide bonds. The van der Waals surface area contributed by atoms with Gasteiger partial charge in [-0.3, -0.25) is 0 Å². The lowest BCUT2D eigenvalue weighted by atomic mass is 10.0. The molecule has 1 aromatic carbocycles. The first kappa shape index (κ1) is 10.2. The Morgan fingerprint density at radius 1 is 1.29 bits per heavy atom. The maximum atomic E-state index is 8.52. The number of hydrogen-bond donors (Lipinski definition) is 1. The van der Waals surface area contributed by atoms with Crippen molar-refractivity contribution in [2.24, 2.45) is 5.73 Å². The lowest BCUT2D eigenvalue weighted by molar-refractivity contribution is 0.747. The highest BCUT2D eigenvalue weighted by Gasteiger charge is 2.05. The summed E-state index contributed by atoms with van der Waals surface area (Å²) in [5.74, 6) is 0. The molecule has 0 aliphatic carbocycles. The molecule has 0 saturated carbocycles. The average molecular weight is 185 g/mol. The Bertz CT molecular complexity index is 384. The molecule has 0 radical (unpaired) electrons. The standard InChI is InChI=1S/C11H11N3/c12-6-4-9-2-1-3-10(8-9)11(14)5-7-13/h1-3,8,11H,4-5,14H2/t11-/m1/s1. The van der Waals surface area contributed by atoms with Crippen molar-refractivity contribution in [3.05, 3.63) is 35.4 Å². The van der Waals surface area contributed by atoms with Gasteiger partial charge in [-0.1, -0.05) is 24.3 Å². The third kappa shape index (κ3) is 2.58. The topological polar surface area (TPSA) is 73.6 Å². The maximum absolute atomic E-state index is 8.52. The molecule has 0 saturated heterocycles. The molecule has 3 nitrogen and oxygen atoms in total. The monoisotopic (exact) mass is 185 g/mol. The molecule has 1 rings (SSSR count). The fourth-order valence-corrected chi connectivity index (χ4v) is 1.24. The van der Waals surface area contributed by atoms with Crippen LogP contribution in [0.4, 0.5) is 0 Å². The highest BCUT2D eigenvalue weighted by Crippen LogP contribution is 2.15. The van der Waals surface area contributed by atoms with Crippen molar-refractivity contribution in [1.82, 2.24) is 0 Å². The Morgan fingerprint density at radius 2 is 2.07 bits per heavy atom. The first-order valence-corrected chi connectivity index (χ1v) is 4.36. The van der Waals surface area contributed by atoms with E-state index in [9.17, 15) is 0 Å². The van der Waals surface area contributed by atoms with Gasteiger partial charge in [-0.15, -0.1) is 0 Å². The fraction of sp³-hybridized carbons (Fsp3) is 0.273. The van der Waals surface area contributed by atoms with Gasteiger partial charge in [-0.25, -0.2) is 0 Å². The molecule has 0 aromatic heterocycles. The van der Waals surface area contributed by atoms with Crippen molar-refractivity contribution >= 4 is 0 Å². The number of rotatable bonds is 3. The minimum absolute atomic E-state index is 0.251. The fourth-order valence-electron chi connectivity index (χ4n) is 1.24. The summed E-state index contributed by atoms with van der Waals surface area (Å²) in [4.78, 5) is 0. The minimum atomic E-state index is -0.251. The predicted molar refractivity (Wildman–Crippen MR) is 52.9 cm³/mol. The minimum Gasteiger partial charge on any atom is -0.323 e. The third-order valence-corrected chi connectivity index (χ3v) is 1.97. The van der Waals surface area contributed by atoms with E-state index in [-0.39, 0.29) is 6.04 Å². The third-order valence-electron chi connectivity index (χ3n) is 1.97. The van der Waals surface area contributed by atoms with Gasteiger partial charge in [-0.05, 0) is 11.1 Å². The van der Waals surface area contributed by atoms with Crippen LogP contribution in [0.25, 0.3) is 0 Å². The van der Waals surface area contributed by atoms with Crippen LogP contribution >= 0.6 is 0 Å². The zero-order valence-corrected chi connectivity index (χ0v) is 7.77. The van der Waals surface area contributed by atoms with Crippen molar-refractivity contribution < 1.29 is 0 Å². The van der Waals surface area contributed by atoms with E-state index >= 15 is 0 Å². The predicted octanol–water partition coefficient (Wildman–Crippen LogP) is 1.67. The van der Waals surface area contributed by atoms with Gasteiger partial charge in [0, 0.05) is 6.04 Å². The first-order valence-electron chi connectivity index (χ1n) is 4.36. The van der Waals surface area contributed by atoms with Crippen LogP contribution in [-0.4, -0.2) is 0 Å². The second-order valence-electron chi connectivity index (χ2n) is 3.05. The van der Waals surface area contributed by atoms with E-state index < -0.39 is 0 Å². The second kappa shape index (κ2) is 5.01. The van der Waals surface area contributed by atoms with Crippen LogP contribution in [-0.2, 0) is 6.42 Å². The summed E-state index contributed by atoms with van der Waals surface area (Å²) in [5.41, 5.74) is 7.62. The van der Waals surface area contributed by atoms with Crippen LogP contribution in [0.15, 0.2) is 24.3 Å². The van der Waals surface area contributed by atoms with Crippen molar-refractivity contribution in [2.75, 3.05) is 0 Å². The van der Waals surface area contributed by atoms with Gasteiger partial charge in [0.25, 0.3) is 0 Å². The van der Waals surface area contributed by atoms with E-state index in [0.29, 0.717) is 12.8 Å². The highest BCUT2D eigenvalue weighted by molar-refractivity contribution is 5.28. The summed E-state index contributed by atoms with van der Waals surface area (Å²) in [6.07, 6.45) is 0.684. The summed E-state index contributed by atoms with van der Waals surface area (Å²) >= 11 is 0. The average Bonchev–Trinajstić information content (AvgIpc) is 2.19. The number of nitrogens with zero attached hydrogens (tertiary/aromatic N) is 2. The van der Waals surface area contributed by atoms with Crippen molar-refractivity contribution in [1.29, 1.82) is 10.5 Å². The van der Waals surface area contributed by atoms with Gasteiger partial charge in [0.2, 0.25) is 0 Å². The Balaban J connectivity index is 2.84. The molecular formula is C11H11N3. The molecule has 0 unspecified atom stereocenters.